The van der Waals surface area contributed by atoms with Gasteiger partial charge >= 0.3 is 5.97 Å². The highest BCUT2D eigenvalue weighted by Gasteiger charge is 2.56. The van der Waals surface area contributed by atoms with Gasteiger partial charge in [-0.1, -0.05) is 0 Å². The Morgan fingerprint density at radius 1 is 1.35 bits per heavy atom. The minimum atomic E-state index is -1.39. The highest BCUT2D eigenvalue weighted by atomic mass is 16.8. The molecule has 0 spiro atoms. The van der Waals surface area contributed by atoms with Gasteiger partial charge in [0.15, 0.2) is 18.0 Å². The maximum absolute atomic E-state index is 11.3. The Kier molecular flexibility index (Phi) is 3.13. The van der Waals surface area contributed by atoms with E-state index in [4.69, 9.17) is 19.3 Å². The number of aliphatic hydroxyl groups excluding tert-OH is 3. The summed E-state index contributed by atoms with van der Waals surface area (Å²) in [6.07, 6.45) is -5.32. The number of fused-ring (bicyclic) bond motifs is 1. The van der Waals surface area contributed by atoms with Gasteiger partial charge in [0.25, 0.3) is 0 Å². The minimum absolute atomic E-state index is 0.530. The van der Waals surface area contributed by atoms with Crippen LogP contribution >= 0.6 is 0 Å². The Morgan fingerprint density at radius 3 is 2.59 bits per heavy atom. The van der Waals surface area contributed by atoms with E-state index in [1.807, 2.05) is 0 Å². The molecule has 0 bridgehead atoms. The van der Waals surface area contributed by atoms with Gasteiger partial charge < -0.3 is 29.5 Å². The molecule has 2 aliphatic rings. The number of carbonyl (C=O) groups excluding carboxylic acids is 1. The van der Waals surface area contributed by atoms with Crippen molar-refractivity contribution in [2.24, 2.45) is 0 Å². The van der Waals surface area contributed by atoms with Gasteiger partial charge in [0.1, 0.15) is 18.3 Å². The molecule has 7 heteroatoms. The molecule has 0 saturated carbocycles. The first kappa shape index (κ1) is 12.7. The predicted octanol–water partition coefficient (Wildman–Crippen LogP) is -1.85. The molecular weight excluding hydrogens is 232 g/mol. The van der Waals surface area contributed by atoms with E-state index in [0.29, 0.717) is 0 Å². The van der Waals surface area contributed by atoms with Crippen LogP contribution in [-0.2, 0) is 19.0 Å². The van der Waals surface area contributed by atoms with Gasteiger partial charge in [-0.2, -0.15) is 0 Å². The first-order chi connectivity index (χ1) is 7.85. The SMILES string of the molecule is CC1(C)O[C@@H]2[C@@H](OC(=O)[C@@H]2O)[C@@H]([C@H](O)CO)O1. The van der Waals surface area contributed by atoms with E-state index < -0.39 is 48.9 Å². The van der Waals surface area contributed by atoms with Gasteiger partial charge in [-0.05, 0) is 13.8 Å². The lowest BCUT2D eigenvalue weighted by Gasteiger charge is -2.43. The normalized spacial score (nSPS) is 41.8. The lowest BCUT2D eigenvalue weighted by Crippen LogP contribution is -2.59. The Hall–Kier alpha value is -0.730. The highest BCUT2D eigenvalue weighted by molar-refractivity contribution is 5.78. The van der Waals surface area contributed by atoms with Crippen molar-refractivity contribution in [2.75, 3.05) is 6.61 Å². The second-order valence-electron chi connectivity index (χ2n) is 4.66. The third-order valence-electron chi connectivity index (χ3n) is 2.86. The summed E-state index contributed by atoms with van der Waals surface area (Å²) in [7, 11) is 0. The van der Waals surface area contributed by atoms with Crippen molar-refractivity contribution in [3.63, 3.8) is 0 Å². The smallest absolute Gasteiger partial charge is 0.338 e. The number of esters is 1. The summed E-state index contributed by atoms with van der Waals surface area (Å²) in [4.78, 5) is 11.3. The standard InChI is InChI=1S/C10H16O7/c1-10(2)16-6(4(12)3-11)8-7(17-10)5(13)9(14)15-8/h4-8,11-13H,3H2,1-2H3/t4-,5-,6-,7+,8+/m1/s1. The van der Waals surface area contributed by atoms with Crippen molar-refractivity contribution < 1.29 is 34.3 Å². The Labute approximate surface area is 97.9 Å². The second kappa shape index (κ2) is 4.18. The number of rotatable bonds is 2. The van der Waals surface area contributed by atoms with E-state index in [1.54, 1.807) is 13.8 Å². The van der Waals surface area contributed by atoms with Crippen molar-refractivity contribution in [3.05, 3.63) is 0 Å². The number of aliphatic hydroxyl groups is 3. The molecule has 2 heterocycles. The average Bonchev–Trinajstić information content (AvgIpc) is 2.53. The molecule has 5 atom stereocenters. The lowest BCUT2D eigenvalue weighted by atomic mass is 9.99. The van der Waals surface area contributed by atoms with Crippen LogP contribution in [0.3, 0.4) is 0 Å². The monoisotopic (exact) mass is 248 g/mol. The highest BCUT2D eigenvalue weighted by Crippen LogP contribution is 2.35. The molecule has 0 radical (unpaired) electrons. The molecule has 17 heavy (non-hydrogen) atoms. The summed E-state index contributed by atoms with van der Waals surface area (Å²) in [5.74, 6) is -1.88. The summed E-state index contributed by atoms with van der Waals surface area (Å²) in [5, 5.41) is 28.2. The zero-order valence-electron chi connectivity index (χ0n) is 9.57. The Bertz CT molecular complexity index is 316. The fraction of sp³-hybridized carbons (Fsp3) is 0.900. The van der Waals surface area contributed by atoms with Gasteiger partial charge in [-0.25, -0.2) is 4.79 Å². The summed E-state index contributed by atoms with van der Waals surface area (Å²) in [6.45, 7) is 2.66. The molecule has 2 rings (SSSR count). The molecule has 3 N–H and O–H groups in total. The van der Waals surface area contributed by atoms with Gasteiger partial charge in [-0.3, -0.25) is 0 Å². The maximum Gasteiger partial charge on any atom is 0.338 e. The Balaban J connectivity index is 2.24. The second-order valence-corrected chi connectivity index (χ2v) is 4.66. The summed E-state index contributed by atoms with van der Waals surface area (Å²) in [6, 6.07) is 0. The van der Waals surface area contributed by atoms with Gasteiger partial charge in [0, 0.05) is 0 Å². The summed E-state index contributed by atoms with van der Waals surface area (Å²) >= 11 is 0. The zero-order valence-corrected chi connectivity index (χ0v) is 9.57. The first-order valence-electron chi connectivity index (χ1n) is 5.39. The first-order valence-corrected chi connectivity index (χ1v) is 5.39. The van der Waals surface area contributed by atoms with E-state index in [9.17, 15) is 15.0 Å². The molecule has 7 nitrogen and oxygen atoms in total. The van der Waals surface area contributed by atoms with Crippen LogP contribution in [-0.4, -0.2) is 64.2 Å². The van der Waals surface area contributed by atoms with Crippen molar-refractivity contribution in [2.45, 2.75) is 50.2 Å². The lowest BCUT2D eigenvalue weighted by molar-refractivity contribution is -0.341. The minimum Gasteiger partial charge on any atom is -0.455 e. The molecular formula is C10H16O7. The topological polar surface area (TPSA) is 105 Å². The van der Waals surface area contributed by atoms with Crippen LogP contribution in [0.25, 0.3) is 0 Å². The predicted molar refractivity (Wildman–Crippen MR) is 52.8 cm³/mol. The Morgan fingerprint density at radius 2 is 2.00 bits per heavy atom. The third kappa shape index (κ3) is 2.16. The number of ether oxygens (including phenoxy) is 3. The number of hydrogen-bond acceptors (Lipinski definition) is 7. The molecule has 2 saturated heterocycles. The molecule has 0 unspecified atom stereocenters. The van der Waals surface area contributed by atoms with E-state index in [1.165, 1.54) is 0 Å². The van der Waals surface area contributed by atoms with Crippen LogP contribution in [0.2, 0.25) is 0 Å². The molecule has 98 valence electrons. The fourth-order valence-electron chi connectivity index (χ4n) is 2.12. The van der Waals surface area contributed by atoms with Crippen LogP contribution in [0.15, 0.2) is 0 Å². The van der Waals surface area contributed by atoms with E-state index in [0.717, 1.165) is 0 Å². The van der Waals surface area contributed by atoms with Crippen molar-refractivity contribution in [3.8, 4) is 0 Å². The van der Waals surface area contributed by atoms with Crippen LogP contribution in [0.1, 0.15) is 13.8 Å². The van der Waals surface area contributed by atoms with Crippen LogP contribution in [0.5, 0.6) is 0 Å². The summed E-state index contributed by atoms with van der Waals surface area (Å²) < 4.78 is 15.7. The van der Waals surface area contributed by atoms with Gasteiger partial charge in [0.2, 0.25) is 0 Å². The van der Waals surface area contributed by atoms with Crippen molar-refractivity contribution in [1.82, 2.24) is 0 Å². The maximum atomic E-state index is 11.3. The quantitative estimate of drug-likeness (QED) is 0.492. The third-order valence-corrected chi connectivity index (χ3v) is 2.86. The molecule has 2 aliphatic heterocycles. The van der Waals surface area contributed by atoms with Crippen LogP contribution < -0.4 is 0 Å². The van der Waals surface area contributed by atoms with E-state index in [2.05, 4.69) is 0 Å². The van der Waals surface area contributed by atoms with Crippen molar-refractivity contribution >= 4 is 5.97 Å². The molecule has 0 aromatic carbocycles. The van der Waals surface area contributed by atoms with E-state index in [-0.39, 0.29) is 0 Å². The summed E-state index contributed by atoms with van der Waals surface area (Å²) in [5.41, 5.74) is 0. The van der Waals surface area contributed by atoms with Crippen LogP contribution in [0.4, 0.5) is 0 Å². The fourth-order valence-corrected chi connectivity index (χ4v) is 2.12. The average molecular weight is 248 g/mol. The van der Waals surface area contributed by atoms with Crippen molar-refractivity contribution in [1.29, 1.82) is 0 Å². The van der Waals surface area contributed by atoms with Gasteiger partial charge in [0.05, 0.1) is 6.61 Å². The molecule has 0 aromatic rings. The molecule has 0 aliphatic carbocycles. The number of carbonyl (C=O) groups is 1. The van der Waals surface area contributed by atoms with E-state index >= 15 is 0 Å². The zero-order chi connectivity index (χ0) is 12.8. The number of hydrogen-bond donors (Lipinski definition) is 3. The largest absolute Gasteiger partial charge is 0.455 e. The van der Waals surface area contributed by atoms with Crippen LogP contribution in [0, 0.1) is 0 Å². The molecule has 0 aromatic heterocycles. The molecule has 2 fully saturated rings. The van der Waals surface area contributed by atoms with Gasteiger partial charge in [-0.15, -0.1) is 0 Å². The molecule has 0 amide bonds.